The average Bonchev–Trinajstić information content (AvgIpc) is 2.77. The van der Waals surface area contributed by atoms with Crippen molar-refractivity contribution < 1.29 is 9.21 Å². The molecule has 1 amide bonds. The zero-order chi connectivity index (χ0) is 9.97. The summed E-state index contributed by atoms with van der Waals surface area (Å²) in [5.74, 6) is -0.101. The first-order valence-corrected chi connectivity index (χ1v) is 5.18. The molecule has 0 radical (unpaired) electrons. The van der Waals surface area contributed by atoms with E-state index in [9.17, 15) is 4.79 Å². The molecule has 2 rings (SSSR count). The number of carbonyl (C=O) groups excluding carboxylic acids is 1. The second-order valence-corrected chi connectivity index (χ2v) is 4.10. The minimum Gasteiger partial charge on any atom is -0.472 e. The van der Waals surface area contributed by atoms with Crippen molar-refractivity contribution in [2.75, 3.05) is 0 Å². The van der Waals surface area contributed by atoms with Gasteiger partial charge in [-0.05, 0) is 25.3 Å². The van der Waals surface area contributed by atoms with E-state index in [0.29, 0.717) is 5.56 Å². The maximum absolute atomic E-state index is 11.6. The summed E-state index contributed by atoms with van der Waals surface area (Å²) in [7, 11) is 0. The van der Waals surface area contributed by atoms with E-state index in [4.69, 9.17) is 16.0 Å². The highest BCUT2D eigenvalue weighted by Gasteiger charge is 2.26. The number of carbonyl (C=O) groups is 1. The van der Waals surface area contributed by atoms with E-state index >= 15 is 0 Å². The second kappa shape index (κ2) is 4.05. The van der Waals surface area contributed by atoms with Gasteiger partial charge in [-0.2, -0.15) is 0 Å². The topological polar surface area (TPSA) is 42.2 Å². The monoisotopic (exact) mass is 213 g/mol. The lowest BCUT2D eigenvalue weighted by Gasteiger charge is -2.14. The molecule has 0 saturated heterocycles. The van der Waals surface area contributed by atoms with Crippen LogP contribution in [-0.2, 0) is 0 Å². The van der Waals surface area contributed by atoms with Crippen molar-refractivity contribution in [2.24, 2.45) is 0 Å². The number of nitrogens with one attached hydrogen (secondary N) is 1. The SMILES string of the molecule is O=C(NC1CCCC1Cl)c1ccoc1. The number of alkyl halides is 1. The van der Waals surface area contributed by atoms with E-state index in [0.717, 1.165) is 19.3 Å². The number of hydrogen-bond acceptors (Lipinski definition) is 2. The van der Waals surface area contributed by atoms with Crippen LogP contribution in [0.5, 0.6) is 0 Å². The lowest BCUT2D eigenvalue weighted by atomic mass is 10.2. The summed E-state index contributed by atoms with van der Waals surface area (Å²) < 4.78 is 4.83. The summed E-state index contributed by atoms with van der Waals surface area (Å²) in [6, 6.07) is 1.76. The summed E-state index contributed by atoms with van der Waals surface area (Å²) in [5.41, 5.74) is 0.556. The zero-order valence-corrected chi connectivity index (χ0v) is 8.46. The van der Waals surface area contributed by atoms with E-state index in [1.165, 1.54) is 12.5 Å². The standard InChI is InChI=1S/C10H12ClNO2/c11-8-2-1-3-9(8)12-10(13)7-4-5-14-6-7/h4-6,8-9H,1-3H2,(H,12,13). The van der Waals surface area contributed by atoms with Gasteiger partial charge in [0.1, 0.15) is 6.26 Å². The van der Waals surface area contributed by atoms with Crippen LogP contribution < -0.4 is 5.32 Å². The minimum atomic E-state index is -0.101. The van der Waals surface area contributed by atoms with Gasteiger partial charge in [-0.25, -0.2) is 0 Å². The first-order valence-electron chi connectivity index (χ1n) is 4.74. The fraction of sp³-hybridized carbons (Fsp3) is 0.500. The van der Waals surface area contributed by atoms with Crippen LogP contribution in [0.2, 0.25) is 0 Å². The number of hydrogen-bond donors (Lipinski definition) is 1. The van der Waals surface area contributed by atoms with E-state index in [1.54, 1.807) is 6.07 Å². The third-order valence-electron chi connectivity index (χ3n) is 2.53. The predicted octanol–water partition coefficient (Wildman–Crippen LogP) is 2.17. The van der Waals surface area contributed by atoms with Crippen molar-refractivity contribution in [3.63, 3.8) is 0 Å². The lowest BCUT2D eigenvalue weighted by molar-refractivity contribution is 0.0937. The van der Waals surface area contributed by atoms with Gasteiger partial charge < -0.3 is 9.73 Å². The first kappa shape index (κ1) is 9.59. The van der Waals surface area contributed by atoms with Gasteiger partial charge in [-0.1, -0.05) is 0 Å². The van der Waals surface area contributed by atoms with Crippen LogP contribution >= 0.6 is 11.6 Å². The molecular weight excluding hydrogens is 202 g/mol. The van der Waals surface area contributed by atoms with Crippen molar-refractivity contribution in [3.8, 4) is 0 Å². The molecule has 3 nitrogen and oxygen atoms in total. The Hall–Kier alpha value is -0.960. The highest BCUT2D eigenvalue weighted by molar-refractivity contribution is 6.21. The average molecular weight is 214 g/mol. The number of halogens is 1. The zero-order valence-electron chi connectivity index (χ0n) is 7.70. The van der Waals surface area contributed by atoms with Gasteiger partial charge in [0.05, 0.1) is 17.2 Å². The molecule has 1 heterocycles. The fourth-order valence-corrected chi connectivity index (χ4v) is 2.07. The summed E-state index contributed by atoms with van der Waals surface area (Å²) in [6.07, 6.45) is 5.97. The maximum Gasteiger partial charge on any atom is 0.254 e. The Morgan fingerprint density at radius 3 is 3.00 bits per heavy atom. The molecule has 0 spiro atoms. The molecule has 76 valence electrons. The van der Waals surface area contributed by atoms with Gasteiger partial charge in [-0.3, -0.25) is 4.79 Å². The molecule has 0 bridgehead atoms. The van der Waals surface area contributed by atoms with Crippen LogP contribution in [-0.4, -0.2) is 17.3 Å². The largest absolute Gasteiger partial charge is 0.472 e. The molecule has 14 heavy (non-hydrogen) atoms. The Labute approximate surface area is 87.4 Å². The Morgan fingerprint density at radius 2 is 2.43 bits per heavy atom. The quantitative estimate of drug-likeness (QED) is 0.766. The fourth-order valence-electron chi connectivity index (χ4n) is 1.72. The molecule has 2 unspecified atom stereocenters. The Kier molecular flexibility index (Phi) is 2.77. The minimum absolute atomic E-state index is 0.0749. The van der Waals surface area contributed by atoms with Crippen LogP contribution in [0.15, 0.2) is 23.0 Å². The third kappa shape index (κ3) is 1.93. The Morgan fingerprint density at radius 1 is 1.57 bits per heavy atom. The summed E-state index contributed by atoms with van der Waals surface area (Å²) >= 11 is 6.05. The van der Waals surface area contributed by atoms with Crippen LogP contribution in [0, 0.1) is 0 Å². The molecule has 1 aromatic rings. The molecule has 1 fully saturated rings. The van der Waals surface area contributed by atoms with E-state index in [2.05, 4.69) is 5.32 Å². The molecule has 2 atom stereocenters. The lowest BCUT2D eigenvalue weighted by Crippen LogP contribution is -2.37. The van der Waals surface area contributed by atoms with Gasteiger partial charge >= 0.3 is 0 Å². The molecule has 1 aromatic heterocycles. The van der Waals surface area contributed by atoms with E-state index < -0.39 is 0 Å². The normalized spacial score (nSPS) is 26.4. The van der Waals surface area contributed by atoms with Gasteiger partial charge in [0.25, 0.3) is 5.91 Å². The molecule has 1 aliphatic carbocycles. The smallest absolute Gasteiger partial charge is 0.254 e. The van der Waals surface area contributed by atoms with Crippen LogP contribution in [0.1, 0.15) is 29.6 Å². The maximum atomic E-state index is 11.6. The molecule has 1 saturated carbocycles. The van der Waals surface area contributed by atoms with Crippen molar-refractivity contribution in [1.29, 1.82) is 0 Å². The number of furan rings is 1. The van der Waals surface area contributed by atoms with Crippen LogP contribution in [0.3, 0.4) is 0 Å². The van der Waals surface area contributed by atoms with Crippen LogP contribution in [0.25, 0.3) is 0 Å². The second-order valence-electron chi connectivity index (χ2n) is 3.54. The van der Waals surface area contributed by atoms with E-state index in [-0.39, 0.29) is 17.3 Å². The van der Waals surface area contributed by atoms with Gasteiger partial charge in [-0.15, -0.1) is 11.6 Å². The van der Waals surface area contributed by atoms with Crippen molar-refractivity contribution >= 4 is 17.5 Å². The highest BCUT2D eigenvalue weighted by atomic mass is 35.5. The van der Waals surface area contributed by atoms with Crippen molar-refractivity contribution in [3.05, 3.63) is 24.2 Å². The first-order chi connectivity index (χ1) is 6.77. The number of amides is 1. The van der Waals surface area contributed by atoms with Crippen molar-refractivity contribution in [2.45, 2.75) is 30.7 Å². The molecular formula is C10H12ClNO2. The van der Waals surface area contributed by atoms with Gasteiger partial charge in [0.2, 0.25) is 0 Å². The molecule has 4 heteroatoms. The van der Waals surface area contributed by atoms with E-state index in [1.807, 2.05) is 0 Å². The van der Waals surface area contributed by atoms with Crippen LogP contribution in [0.4, 0.5) is 0 Å². The third-order valence-corrected chi connectivity index (χ3v) is 3.05. The van der Waals surface area contributed by atoms with Crippen molar-refractivity contribution in [1.82, 2.24) is 5.32 Å². The predicted molar refractivity (Wildman–Crippen MR) is 53.5 cm³/mol. The summed E-state index contributed by atoms with van der Waals surface area (Å²) in [6.45, 7) is 0. The Bertz CT molecular complexity index is 310. The molecule has 0 aliphatic heterocycles. The van der Waals surface area contributed by atoms with Gasteiger partial charge in [0.15, 0.2) is 0 Å². The highest BCUT2D eigenvalue weighted by Crippen LogP contribution is 2.24. The molecule has 0 aromatic carbocycles. The van der Waals surface area contributed by atoms with Gasteiger partial charge in [0, 0.05) is 6.04 Å². The Balaban J connectivity index is 1.95. The molecule has 1 N–H and O–H groups in total. The summed E-state index contributed by atoms with van der Waals surface area (Å²) in [5, 5.41) is 2.98. The summed E-state index contributed by atoms with van der Waals surface area (Å²) in [4.78, 5) is 11.6. The molecule has 1 aliphatic rings. The number of rotatable bonds is 2.